The zero-order valence-corrected chi connectivity index (χ0v) is 10.1. The van der Waals surface area contributed by atoms with Gasteiger partial charge < -0.3 is 4.90 Å². The minimum atomic E-state index is 0.918. The average Bonchev–Trinajstić information content (AvgIpc) is 2.12. The molecular formula is C12H19NS. The first-order valence-corrected chi connectivity index (χ1v) is 5.62. The van der Waals surface area contributed by atoms with Gasteiger partial charge in [0.15, 0.2) is 0 Å². The summed E-state index contributed by atoms with van der Waals surface area (Å²) in [5.41, 5.74) is 4.14. The lowest BCUT2D eigenvalue weighted by atomic mass is 10.1. The van der Waals surface area contributed by atoms with Gasteiger partial charge in [0.25, 0.3) is 0 Å². The van der Waals surface area contributed by atoms with Crippen molar-refractivity contribution in [1.82, 2.24) is 4.90 Å². The minimum Gasteiger partial charge on any atom is -0.301 e. The largest absolute Gasteiger partial charge is 0.301 e. The Labute approximate surface area is 92.5 Å². The van der Waals surface area contributed by atoms with Crippen LogP contribution in [0.4, 0.5) is 0 Å². The van der Waals surface area contributed by atoms with E-state index in [9.17, 15) is 0 Å². The van der Waals surface area contributed by atoms with Crippen molar-refractivity contribution in [2.24, 2.45) is 0 Å². The Bertz CT molecular complexity index is 296. The molecular weight excluding hydrogens is 190 g/mol. The summed E-state index contributed by atoms with van der Waals surface area (Å²) in [7, 11) is 2.14. The lowest BCUT2D eigenvalue weighted by Gasteiger charge is -2.17. The van der Waals surface area contributed by atoms with Crippen molar-refractivity contribution in [2.45, 2.75) is 20.4 Å². The molecule has 0 spiro atoms. The van der Waals surface area contributed by atoms with Gasteiger partial charge in [-0.1, -0.05) is 23.8 Å². The highest BCUT2D eigenvalue weighted by Gasteiger charge is 2.02. The summed E-state index contributed by atoms with van der Waals surface area (Å²) in [6.07, 6.45) is 0. The van der Waals surface area contributed by atoms with Crippen molar-refractivity contribution >= 4 is 12.6 Å². The van der Waals surface area contributed by atoms with Gasteiger partial charge in [-0.05, 0) is 32.0 Å². The van der Waals surface area contributed by atoms with Crippen LogP contribution in [0.3, 0.4) is 0 Å². The molecule has 0 N–H and O–H groups in total. The molecule has 0 fully saturated rings. The number of aryl methyl sites for hydroxylation is 2. The molecule has 0 aromatic heterocycles. The fourth-order valence-corrected chi connectivity index (χ4v) is 1.85. The van der Waals surface area contributed by atoms with Crippen LogP contribution in [0.25, 0.3) is 0 Å². The van der Waals surface area contributed by atoms with E-state index >= 15 is 0 Å². The Balaban J connectivity index is 2.70. The highest BCUT2D eigenvalue weighted by atomic mass is 32.1. The molecule has 0 atom stereocenters. The third kappa shape index (κ3) is 3.35. The molecule has 78 valence electrons. The second-order valence-corrected chi connectivity index (χ2v) is 4.34. The maximum atomic E-state index is 4.23. The molecule has 1 aromatic carbocycles. The van der Waals surface area contributed by atoms with Crippen molar-refractivity contribution in [1.29, 1.82) is 0 Å². The number of benzene rings is 1. The third-order valence-corrected chi connectivity index (χ3v) is 2.63. The van der Waals surface area contributed by atoms with Gasteiger partial charge in [0.05, 0.1) is 0 Å². The van der Waals surface area contributed by atoms with Gasteiger partial charge in [-0.2, -0.15) is 12.6 Å². The van der Waals surface area contributed by atoms with E-state index in [0.29, 0.717) is 0 Å². The number of hydrogen-bond donors (Lipinski definition) is 1. The molecule has 0 bridgehead atoms. The Morgan fingerprint density at radius 2 is 2.00 bits per heavy atom. The van der Waals surface area contributed by atoms with E-state index in [0.717, 1.165) is 18.8 Å². The smallest absolute Gasteiger partial charge is 0.0233 e. The molecule has 14 heavy (non-hydrogen) atoms. The van der Waals surface area contributed by atoms with Crippen LogP contribution in [0.15, 0.2) is 18.2 Å². The van der Waals surface area contributed by atoms with Crippen LogP contribution in [0.2, 0.25) is 0 Å². The number of thiol groups is 1. The van der Waals surface area contributed by atoms with Gasteiger partial charge in [0, 0.05) is 18.8 Å². The topological polar surface area (TPSA) is 3.24 Å². The number of rotatable bonds is 4. The number of nitrogens with zero attached hydrogens (tertiary/aromatic N) is 1. The van der Waals surface area contributed by atoms with Crippen LogP contribution < -0.4 is 0 Å². The Morgan fingerprint density at radius 1 is 1.29 bits per heavy atom. The summed E-state index contributed by atoms with van der Waals surface area (Å²) < 4.78 is 0. The predicted octanol–water partition coefficient (Wildman–Crippen LogP) is 2.67. The molecule has 0 saturated carbocycles. The van der Waals surface area contributed by atoms with E-state index in [-0.39, 0.29) is 0 Å². The van der Waals surface area contributed by atoms with Gasteiger partial charge in [-0.3, -0.25) is 0 Å². The summed E-state index contributed by atoms with van der Waals surface area (Å²) in [6.45, 7) is 6.37. The minimum absolute atomic E-state index is 0.918. The van der Waals surface area contributed by atoms with Crippen molar-refractivity contribution in [3.05, 3.63) is 34.9 Å². The van der Waals surface area contributed by atoms with Crippen LogP contribution >= 0.6 is 12.6 Å². The molecule has 0 saturated heterocycles. The SMILES string of the molecule is Cc1ccc(C)c(CN(C)CCS)c1. The standard InChI is InChI=1S/C12H19NS/c1-10-4-5-11(2)12(8-10)9-13(3)6-7-14/h4-5,8,14H,6-7,9H2,1-3H3. The Hall–Kier alpha value is -0.470. The molecule has 0 aliphatic rings. The molecule has 1 rings (SSSR count). The van der Waals surface area contributed by atoms with E-state index in [2.05, 4.69) is 56.6 Å². The van der Waals surface area contributed by atoms with Crippen molar-refractivity contribution < 1.29 is 0 Å². The highest BCUT2D eigenvalue weighted by Crippen LogP contribution is 2.12. The van der Waals surface area contributed by atoms with E-state index < -0.39 is 0 Å². The summed E-state index contributed by atoms with van der Waals surface area (Å²) in [6, 6.07) is 6.63. The molecule has 0 radical (unpaired) electrons. The van der Waals surface area contributed by atoms with Gasteiger partial charge >= 0.3 is 0 Å². The normalized spacial score (nSPS) is 10.9. The Morgan fingerprint density at radius 3 is 2.64 bits per heavy atom. The second kappa shape index (κ2) is 5.42. The van der Waals surface area contributed by atoms with Crippen molar-refractivity contribution in [3.63, 3.8) is 0 Å². The molecule has 0 amide bonds. The molecule has 0 aliphatic heterocycles. The summed E-state index contributed by atoms with van der Waals surface area (Å²) >= 11 is 4.23. The van der Waals surface area contributed by atoms with Crippen LogP contribution in [-0.4, -0.2) is 24.2 Å². The Kier molecular flexibility index (Phi) is 4.49. The van der Waals surface area contributed by atoms with E-state index in [1.165, 1.54) is 16.7 Å². The zero-order valence-electron chi connectivity index (χ0n) is 9.25. The lowest BCUT2D eigenvalue weighted by Crippen LogP contribution is -2.20. The van der Waals surface area contributed by atoms with E-state index in [1.807, 2.05) is 0 Å². The van der Waals surface area contributed by atoms with Crippen LogP contribution in [-0.2, 0) is 6.54 Å². The second-order valence-electron chi connectivity index (χ2n) is 3.89. The maximum absolute atomic E-state index is 4.23. The van der Waals surface area contributed by atoms with Gasteiger partial charge in [0.2, 0.25) is 0 Å². The van der Waals surface area contributed by atoms with Gasteiger partial charge in [-0.25, -0.2) is 0 Å². The highest BCUT2D eigenvalue weighted by molar-refractivity contribution is 7.80. The fourth-order valence-electron chi connectivity index (χ4n) is 1.51. The van der Waals surface area contributed by atoms with Gasteiger partial charge in [-0.15, -0.1) is 0 Å². The average molecular weight is 209 g/mol. The van der Waals surface area contributed by atoms with Gasteiger partial charge in [0.1, 0.15) is 0 Å². The van der Waals surface area contributed by atoms with Crippen LogP contribution in [0.1, 0.15) is 16.7 Å². The van der Waals surface area contributed by atoms with Crippen LogP contribution in [0.5, 0.6) is 0 Å². The summed E-state index contributed by atoms with van der Waals surface area (Å²) in [5.74, 6) is 0.918. The molecule has 2 heteroatoms. The zero-order chi connectivity index (χ0) is 10.6. The monoisotopic (exact) mass is 209 g/mol. The molecule has 0 heterocycles. The first-order valence-electron chi connectivity index (χ1n) is 4.99. The number of hydrogen-bond acceptors (Lipinski definition) is 2. The van der Waals surface area contributed by atoms with E-state index in [1.54, 1.807) is 0 Å². The molecule has 1 aromatic rings. The molecule has 0 unspecified atom stereocenters. The van der Waals surface area contributed by atoms with Crippen molar-refractivity contribution in [2.75, 3.05) is 19.3 Å². The third-order valence-electron chi connectivity index (χ3n) is 2.43. The van der Waals surface area contributed by atoms with E-state index in [4.69, 9.17) is 0 Å². The first-order chi connectivity index (χ1) is 6.63. The maximum Gasteiger partial charge on any atom is 0.0233 e. The summed E-state index contributed by atoms with van der Waals surface area (Å²) in [4.78, 5) is 2.30. The first kappa shape index (κ1) is 11.6. The fraction of sp³-hybridized carbons (Fsp3) is 0.500. The molecule has 1 nitrogen and oxygen atoms in total. The predicted molar refractivity (Wildman–Crippen MR) is 66.1 cm³/mol. The van der Waals surface area contributed by atoms with Crippen molar-refractivity contribution in [3.8, 4) is 0 Å². The quantitative estimate of drug-likeness (QED) is 0.746. The summed E-state index contributed by atoms with van der Waals surface area (Å²) in [5, 5.41) is 0. The van der Waals surface area contributed by atoms with Crippen LogP contribution in [0, 0.1) is 13.8 Å². The lowest BCUT2D eigenvalue weighted by molar-refractivity contribution is 0.348. The molecule has 0 aliphatic carbocycles.